The third-order valence-corrected chi connectivity index (χ3v) is 8.58. The molecule has 9 nitrogen and oxygen atoms in total. The van der Waals surface area contributed by atoms with Crippen molar-refractivity contribution in [2.75, 3.05) is 5.73 Å². The molecule has 3 heterocycles. The Morgan fingerprint density at radius 3 is 2.69 bits per heavy atom. The van der Waals surface area contributed by atoms with Crippen molar-refractivity contribution < 1.29 is 14.7 Å². The standard InChI is InChI=1S/C35H27ClN6O3/c36-31-22(8-9-23(19-43)32(31)45)18-30(44)39-28-13-10-21-17-24(11-12-25(21)28)42-34(26-7-4-16-38-33(26)37)41-29-15-14-27(40-35(29)42)20-5-2-1-3-6-20/h1-9,11-12,14-17,19,28,45H,10,13,18H2,(H2,37,38)(H,39,44)/t28-/m0/s1. The van der Waals surface area contributed by atoms with E-state index in [9.17, 15) is 14.7 Å². The zero-order chi connectivity index (χ0) is 31.1. The largest absolute Gasteiger partial charge is 0.506 e. The van der Waals surface area contributed by atoms with Crippen molar-refractivity contribution in [1.82, 2.24) is 24.8 Å². The molecular formula is C35H27ClN6O3. The lowest BCUT2D eigenvalue weighted by Gasteiger charge is -2.16. The number of amides is 1. The van der Waals surface area contributed by atoms with Gasteiger partial charge in [0, 0.05) is 17.4 Å². The van der Waals surface area contributed by atoms with Crippen LogP contribution in [0.3, 0.4) is 0 Å². The van der Waals surface area contributed by atoms with Gasteiger partial charge in [0.05, 0.1) is 34.3 Å². The summed E-state index contributed by atoms with van der Waals surface area (Å²) in [7, 11) is 0. The molecule has 1 aliphatic carbocycles. The number of nitrogen functional groups attached to an aromatic ring is 1. The highest BCUT2D eigenvalue weighted by Crippen LogP contribution is 2.37. The molecule has 6 aromatic rings. The van der Waals surface area contributed by atoms with Gasteiger partial charge in [0.15, 0.2) is 17.8 Å². The topological polar surface area (TPSA) is 136 Å². The lowest BCUT2D eigenvalue weighted by atomic mass is 10.1. The van der Waals surface area contributed by atoms with E-state index in [0.717, 1.165) is 46.4 Å². The number of hydrogen-bond donors (Lipinski definition) is 3. The number of phenols is 1. The molecule has 0 bridgehead atoms. The average molecular weight is 615 g/mol. The number of benzene rings is 3. The number of halogens is 1. The maximum Gasteiger partial charge on any atom is 0.224 e. The van der Waals surface area contributed by atoms with Crippen molar-refractivity contribution in [3.8, 4) is 34.1 Å². The van der Waals surface area contributed by atoms with Crippen molar-refractivity contribution in [1.29, 1.82) is 0 Å². The number of rotatable bonds is 7. The molecule has 45 heavy (non-hydrogen) atoms. The highest BCUT2D eigenvalue weighted by molar-refractivity contribution is 6.33. The van der Waals surface area contributed by atoms with E-state index in [2.05, 4.69) is 16.4 Å². The van der Waals surface area contributed by atoms with E-state index in [4.69, 9.17) is 27.3 Å². The lowest BCUT2D eigenvalue weighted by molar-refractivity contribution is -0.121. The van der Waals surface area contributed by atoms with E-state index in [0.29, 0.717) is 34.7 Å². The first-order chi connectivity index (χ1) is 21.9. The quantitative estimate of drug-likeness (QED) is 0.181. The Balaban J connectivity index is 1.24. The number of nitrogens with two attached hydrogens (primary N) is 1. The Morgan fingerprint density at radius 2 is 1.89 bits per heavy atom. The van der Waals surface area contributed by atoms with Crippen LogP contribution >= 0.6 is 11.6 Å². The molecule has 1 aliphatic rings. The molecule has 3 aromatic heterocycles. The van der Waals surface area contributed by atoms with Gasteiger partial charge >= 0.3 is 0 Å². The molecule has 4 N–H and O–H groups in total. The molecule has 3 aromatic carbocycles. The minimum Gasteiger partial charge on any atom is -0.506 e. The number of aromatic hydroxyl groups is 1. The fraction of sp³-hybridized carbons (Fsp3) is 0.114. The number of carbonyl (C=O) groups is 2. The van der Waals surface area contributed by atoms with Gasteiger partial charge in [-0.05, 0) is 72.0 Å². The van der Waals surface area contributed by atoms with Gasteiger partial charge in [0.2, 0.25) is 5.91 Å². The van der Waals surface area contributed by atoms with Crippen molar-refractivity contribution in [3.05, 3.63) is 118 Å². The number of nitrogens with zero attached hydrogens (tertiary/aromatic N) is 4. The molecule has 222 valence electrons. The highest BCUT2D eigenvalue weighted by atomic mass is 35.5. The van der Waals surface area contributed by atoms with E-state index in [1.54, 1.807) is 12.3 Å². The van der Waals surface area contributed by atoms with Crippen LogP contribution in [0.4, 0.5) is 5.82 Å². The second kappa shape index (κ2) is 11.5. The molecule has 0 spiro atoms. The Labute approximate surface area is 263 Å². The van der Waals surface area contributed by atoms with Gasteiger partial charge < -0.3 is 16.2 Å². The van der Waals surface area contributed by atoms with E-state index in [-0.39, 0.29) is 34.7 Å². The molecule has 0 aliphatic heterocycles. The van der Waals surface area contributed by atoms with E-state index in [1.807, 2.05) is 71.3 Å². The van der Waals surface area contributed by atoms with Gasteiger partial charge in [0.25, 0.3) is 0 Å². The number of aldehydes is 1. The van der Waals surface area contributed by atoms with Gasteiger partial charge in [0.1, 0.15) is 17.1 Å². The summed E-state index contributed by atoms with van der Waals surface area (Å²) in [6, 6.07) is 26.7. The summed E-state index contributed by atoms with van der Waals surface area (Å²) in [5.41, 5.74) is 13.8. The Kier molecular flexibility index (Phi) is 7.23. The highest BCUT2D eigenvalue weighted by Gasteiger charge is 2.26. The van der Waals surface area contributed by atoms with Crippen LogP contribution in [-0.2, 0) is 17.6 Å². The zero-order valence-electron chi connectivity index (χ0n) is 23.9. The summed E-state index contributed by atoms with van der Waals surface area (Å²) in [5, 5.41) is 13.3. The number of hydrogen-bond acceptors (Lipinski definition) is 7. The van der Waals surface area contributed by atoms with Crippen LogP contribution in [0.2, 0.25) is 5.02 Å². The van der Waals surface area contributed by atoms with E-state index in [1.165, 1.54) is 6.07 Å². The van der Waals surface area contributed by atoms with Crippen molar-refractivity contribution >= 4 is 40.8 Å². The molecule has 0 fully saturated rings. The summed E-state index contributed by atoms with van der Waals surface area (Å²) in [6.45, 7) is 0. The van der Waals surface area contributed by atoms with Crippen LogP contribution < -0.4 is 11.1 Å². The molecule has 0 saturated heterocycles. The molecule has 10 heteroatoms. The molecule has 0 unspecified atom stereocenters. The number of anilines is 1. The SMILES string of the molecule is Nc1ncccc1-c1nc2ccc(-c3ccccc3)nc2n1-c1ccc2c(c1)CC[C@@H]2NC(=O)Cc1ccc(C=O)c(O)c1Cl. The maximum atomic E-state index is 13.0. The van der Waals surface area contributed by atoms with Crippen LogP contribution in [-0.4, -0.2) is 36.8 Å². The van der Waals surface area contributed by atoms with Gasteiger partial charge in [-0.1, -0.05) is 54.1 Å². The summed E-state index contributed by atoms with van der Waals surface area (Å²) in [5.74, 6) is 0.456. The minimum absolute atomic E-state index is 0.00728. The lowest BCUT2D eigenvalue weighted by Crippen LogP contribution is -2.28. The average Bonchev–Trinajstić information content (AvgIpc) is 3.64. The predicted octanol–water partition coefficient (Wildman–Crippen LogP) is 6.25. The van der Waals surface area contributed by atoms with Crippen molar-refractivity contribution in [2.24, 2.45) is 0 Å². The van der Waals surface area contributed by atoms with Crippen molar-refractivity contribution in [3.63, 3.8) is 0 Å². The fourth-order valence-corrected chi connectivity index (χ4v) is 6.16. The van der Waals surface area contributed by atoms with Crippen LogP contribution in [0.25, 0.3) is 39.5 Å². The van der Waals surface area contributed by atoms with Crippen LogP contribution in [0.15, 0.2) is 91.1 Å². The first-order valence-electron chi connectivity index (χ1n) is 14.4. The molecular weight excluding hydrogens is 588 g/mol. The van der Waals surface area contributed by atoms with E-state index >= 15 is 0 Å². The summed E-state index contributed by atoms with van der Waals surface area (Å²) < 4.78 is 2.01. The van der Waals surface area contributed by atoms with Crippen molar-refractivity contribution in [2.45, 2.75) is 25.3 Å². The number of aromatic nitrogens is 4. The second-order valence-corrected chi connectivity index (χ2v) is 11.3. The Hall–Kier alpha value is -5.54. The molecule has 7 rings (SSSR count). The first kappa shape index (κ1) is 28.2. The normalized spacial score (nSPS) is 13.9. The number of fused-ring (bicyclic) bond motifs is 2. The van der Waals surface area contributed by atoms with Crippen LogP contribution in [0, 0.1) is 0 Å². The van der Waals surface area contributed by atoms with Crippen LogP contribution in [0.1, 0.15) is 39.5 Å². The number of carbonyl (C=O) groups excluding carboxylic acids is 2. The van der Waals surface area contributed by atoms with Gasteiger partial charge in [-0.25, -0.2) is 15.0 Å². The smallest absolute Gasteiger partial charge is 0.224 e. The molecule has 0 radical (unpaired) electrons. The predicted molar refractivity (Wildman–Crippen MR) is 173 cm³/mol. The number of pyridine rings is 2. The number of phenolic OH excluding ortho intramolecular Hbond substituents is 1. The summed E-state index contributed by atoms with van der Waals surface area (Å²) in [4.78, 5) is 38.4. The molecule has 0 saturated carbocycles. The number of aryl methyl sites for hydroxylation is 1. The first-order valence-corrected chi connectivity index (χ1v) is 14.8. The van der Waals surface area contributed by atoms with Crippen LogP contribution in [0.5, 0.6) is 5.75 Å². The number of nitrogens with one attached hydrogen (secondary N) is 1. The molecule has 1 amide bonds. The monoisotopic (exact) mass is 614 g/mol. The van der Waals surface area contributed by atoms with E-state index < -0.39 is 0 Å². The van der Waals surface area contributed by atoms with Gasteiger partial charge in [-0.15, -0.1) is 0 Å². The maximum absolute atomic E-state index is 13.0. The Morgan fingerprint density at radius 1 is 1.04 bits per heavy atom. The fourth-order valence-electron chi connectivity index (χ4n) is 5.92. The minimum atomic E-state index is -0.319. The van der Waals surface area contributed by atoms with Gasteiger partial charge in [-0.3, -0.25) is 14.2 Å². The summed E-state index contributed by atoms with van der Waals surface area (Å²) in [6.07, 6.45) is 3.65. The zero-order valence-corrected chi connectivity index (χ0v) is 24.7. The molecule has 1 atom stereocenters. The van der Waals surface area contributed by atoms with Gasteiger partial charge in [-0.2, -0.15) is 0 Å². The third-order valence-electron chi connectivity index (χ3n) is 8.16. The second-order valence-electron chi connectivity index (χ2n) is 10.9. The number of imidazole rings is 1. The Bertz CT molecular complexity index is 2110. The third kappa shape index (κ3) is 5.17. The summed E-state index contributed by atoms with van der Waals surface area (Å²) >= 11 is 6.22.